The highest BCUT2D eigenvalue weighted by Gasteiger charge is 2.04. The second-order valence-corrected chi connectivity index (χ2v) is 6.67. The summed E-state index contributed by atoms with van der Waals surface area (Å²) in [6.07, 6.45) is 4.47. The van der Waals surface area contributed by atoms with Crippen LogP contribution in [0, 0.1) is 0 Å². The first-order chi connectivity index (χ1) is 9.45. The monoisotopic (exact) mass is 308 g/mol. The van der Waals surface area contributed by atoms with Crippen molar-refractivity contribution < 1.29 is 13.2 Å². The smallest absolute Gasteiger partial charge is 0.175 e. The molecule has 0 N–H and O–H groups in total. The Kier molecular flexibility index (Phi) is 4.47. The number of hydrogen-bond donors (Lipinski definition) is 0. The zero-order valence-corrected chi connectivity index (χ0v) is 12.4. The van der Waals surface area contributed by atoms with Gasteiger partial charge in [0.05, 0.1) is 11.2 Å². The van der Waals surface area contributed by atoms with E-state index in [1.165, 1.54) is 6.26 Å². The standard InChI is InChI=1S/C15H13ClO3S/c1-20(17,18)15-8-2-12(3-9-15)10-11-19-14-6-4-13(16)5-7-14/h2-11H,1H3. The fourth-order valence-corrected chi connectivity index (χ4v) is 2.29. The van der Waals surface area contributed by atoms with Gasteiger partial charge in [0.2, 0.25) is 0 Å². The summed E-state index contributed by atoms with van der Waals surface area (Å²) in [7, 11) is -3.15. The summed E-state index contributed by atoms with van der Waals surface area (Å²) >= 11 is 5.77. The minimum Gasteiger partial charge on any atom is -0.465 e. The second-order valence-electron chi connectivity index (χ2n) is 4.22. The predicted octanol–water partition coefficient (Wildman–Crippen LogP) is 3.79. The van der Waals surface area contributed by atoms with Crippen LogP contribution in [0.1, 0.15) is 5.56 Å². The predicted molar refractivity (Wildman–Crippen MR) is 80.7 cm³/mol. The van der Waals surface area contributed by atoms with Crippen molar-refractivity contribution in [2.24, 2.45) is 0 Å². The second kappa shape index (κ2) is 6.11. The fourth-order valence-electron chi connectivity index (χ4n) is 1.53. The molecule has 0 aromatic heterocycles. The average molecular weight is 309 g/mol. The van der Waals surface area contributed by atoms with Crippen LogP contribution in [0.3, 0.4) is 0 Å². The number of ether oxygens (including phenoxy) is 1. The van der Waals surface area contributed by atoms with Gasteiger partial charge in [-0.2, -0.15) is 0 Å². The maximum atomic E-state index is 11.3. The Morgan fingerprint density at radius 2 is 1.60 bits per heavy atom. The van der Waals surface area contributed by atoms with Crippen LogP contribution < -0.4 is 4.74 Å². The number of benzene rings is 2. The number of rotatable bonds is 4. The highest BCUT2D eigenvalue weighted by atomic mass is 35.5. The molecule has 3 nitrogen and oxygen atoms in total. The van der Waals surface area contributed by atoms with Crippen molar-refractivity contribution in [2.45, 2.75) is 4.90 Å². The summed E-state index contributed by atoms with van der Waals surface area (Å²) < 4.78 is 28.0. The molecule has 104 valence electrons. The molecule has 0 saturated heterocycles. The summed E-state index contributed by atoms with van der Waals surface area (Å²) in [5.41, 5.74) is 0.853. The maximum absolute atomic E-state index is 11.3. The molecule has 0 atom stereocenters. The summed E-state index contributed by atoms with van der Waals surface area (Å²) in [6.45, 7) is 0. The van der Waals surface area contributed by atoms with Gasteiger partial charge in [0.1, 0.15) is 5.75 Å². The van der Waals surface area contributed by atoms with Gasteiger partial charge in [-0.25, -0.2) is 8.42 Å². The van der Waals surface area contributed by atoms with Crippen LogP contribution in [-0.4, -0.2) is 14.7 Å². The van der Waals surface area contributed by atoms with Gasteiger partial charge in [-0.05, 0) is 48.0 Å². The third kappa shape index (κ3) is 4.11. The molecule has 0 bridgehead atoms. The third-order valence-electron chi connectivity index (χ3n) is 2.59. The van der Waals surface area contributed by atoms with E-state index in [4.69, 9.17) is 16.3 Å². The van der Waals surface area contributed by atoms with Crippen molar-refractivity contribution in [3.63, 3.8) is 0 Å². The Morgan fingerprint density at radius 3 is 2.15 bits per heavy atom. The molecule has 0 unspecified atom stereocenters. The summed E-state index contributed by atoms with van der Waals surface area (Å²) in [6, 6.07) is 13.6. The molecule has 20 heavy (non-hydrogen) atoms. The van der Waals surface area contributed by atoms with E-state index in [1.54, 1.807) is 60.9 Å². The van der Waals surface area contributed by atoms with Gasteiger partial charge in [0, 0.05) is 11.3 Å². The van der Waals surface area contributed by atoms with Crippen LogP contribution in [0.2, 0.25) is 5.02 Å². The zero-order chi connectivity index (χ0) is 14.6. The SMILES string of the molecule is CS(=O)(=O)c1ccc(C=COc2ccc(Cl)cc2)cc1. The number of hydrogen-bond acceptors (Lipinski definition) is 3. The number of sulfone groups is 1. The first kappa shape index (κ1) is 14.6. The fraction of sp³-hybridized carbons (Fsp3) is 0.0667. The summed E-state index contributed by atoms with van der Waals surface area (Å²) in [5.74, 6) is 0.679. The van der Waals surface area contributed by atoms with Crippen molar-refractivity contribution in [3.8, 4) is 5.75 Å². The largest absolute Gasteiger partial charge is 0.465 e. The first-order valence-electron chi connectivity index (χ1n) is 5.84. The van der Waals surface area contributed by atoms with Crippen molar-refractivity contribution >= 4 is 27.5 Å². The Bertz CT molecular complexity index is 702. The van der Waals surface area contributed by atoms with Crippen molar-refractivity contribution in [1.82, 2.24) is 0 Å². The van der Waals surface area contributed by atoms with E-state index < -0.39 is 9.84 Å². The molecule has 0 heterocycles. The van der Waals surface area contributed by atoms with E-state index in [0.29, 0.717) is 15.7 Å². The minimum atomic E-state index is -3.15. The lowest BCUT2D eigenvalue weighted by atomic mass is 10.2. The van der Waals surface area contributed by atoms with Crippen LogP contribution in [0.25, 0.3) is 6.08 Å². The quantitative estimate of drug-likeness (QED) is 0.807. The Hall–Kier alpha value is -1.78. The van der Waals surface area contributed by atoms with E-state index in [1.807, 2.05) is 0 Å². The molecule has 0 amide bonds. The lowest BCUT2D eigenvalue weighted by Crippen LogP contribution is -1.96. The van der Waals surface area contributed by atoms with Gasteiger partial charge in [0.25, 0.3) is 0 Å². The lowest BCUT2D eigenvalue weighted by molar-refractivity contribution is 0.485. The van der Waals surface area contributed by atoms with Gasteiger partial charge in [0.15, 0.2) is 9.84 Å². The molecule has 2 rings (SSSR count). The van der Waals surface area contributed by atoms with Crippen molar-refractivity contribution in [2.75, 3.05) is 6.26 Å². The van der Waals surface area contributed by atoms with Gasteiger partial charge < -0.3 is 4.74 Å². The molecule has 0 spiro atoms. The Labute approximate surface area is 123 Å². The Morgan fingerprint density at radius 1 is 1.00 bits per heavy atom. The molecule has 0 radical (unpaired) electrons. The molecule has 0 aliphatic rings. The van der Waals surface area contributed by atoms with E-state index in [0.717, 1.165) is 5.56 Å². The minimum absolute atomic E-state index is 0.299. The molecule has 2 aromatic carbocycles. The van der Waals surface area contributed by atoms with Crippen LogP contribution in [-0.2, 0) is 9.84 Å². The number of halogens is 1. The molecule has 0 saturated carbocycles. The maximum Gasteiger partial charge on any atom is 0.175 e. The van der Waals surface area contributed by atoms with Crippen LogP contribution >= 0.6 is 11.6 Å². The van der Waals surface area contributed by atoms with Gasteiger partial charge >= 0.3 is 0 Å². The third-order valence-corrected chi connectivity index (χ3v) is 3.97. The molecule has 0 aliphatic carbocycles. The molecule has 0 aliphatic heterocycles. The first-order valence-corrected chi connectivity index (χ1v) is 8.11. The summed E-state index contributed by atoms with van der Waals surface area (Å²) in [4.78, 5) is 0.299. The average Bonchev–Trinajstić information content (AvgIpc) is 2.41. The molecule has 2 aromatic rings. The van der Waals surface area contributed by atoms with Crippen molar-refractivity contribution in [1.29, 1.82) is 0 Å². The van der Waals surface area contributed by atoms with Crippen LogP contribution in [0.15, 0.2) is 59.7 Å². The summed E-state index contributed by atoms with van der Waals surface area (Å²) in [5, 5.41) is 0.651. The Balaban J connectivity index is 2.03. The van der Waals surface area contributed by atoms with E-state index >= 15 is 0 Å². The van der Waals surface area contributed by atoms with E-state index in [2.05, 4.69) is 0 Å². The van der Waals surface area contributed by atoms with E-state index in [-0.39, 0.29) is 0 Å². The van der Waals surface area contributed by atoms with Gasteiger partial charge in [-0.3, -0.25) is 0 Å². The van der Waals surface area contributed by atoms with Crippen LogP contribution in [0.4, 0.5) is 0 Å². The topological polar surface area (TPSA) is 43.4 Å². The molecule has 0 fully saturated rings. The highest BCUT2D eigenvalue weighted by Crippen LogP contribution is 2.16. The van der Waals surface area contributed by atoms with E-state index in [9.17, 15) is 8.42 Å². The lowest BCUT2D eigenvalue weighted by Gasteiger charge is -2.00. The van der Waals surface area contributed by atoms with Crippen molar-refractivity contribution in [3.05, 3.63) is 65.4 Å². The normalized spacial score (nSPS) is 11.7. The molecular formula is C15H13ClO3S. The molecular weight excluding hydrogens is 296 g/mol. The zero-order valence-electron chi connectivity index (χ0n) is 10.8. The van der Waals surface area contributed by atoms with Crippen LogP contribution in [0.5, 0.6) is 5.75 Å². The van der Waals surface area contributed by atoms with Gasteiger partial charge in [-0.1, -0.05) is 23.7 Å². The highest BCUT2D eigenvalue weighted by molar-refractivity contribution is 7.90. The van der Waals surface area contributed by atoms with Gasteiger partial charge in [-0.15, -0.1) is 0 Å². The molecule has 5 heteroatoms.